The molecule has 0 aliphatic carbocycles. The van der Waals surface area contributed by atoms with Gasteiger partial charge in [-0.15, -0.1) is 11.3 Å². The third-order valence-corrected chi connectivity index (χ3v) is 1.85. The first-order valence-corrected chi connectivity index (χ1v) is 4.02. The maximum Gasteiger partial charge on any atom is 0.223 e. The third kappa shape index (κ3) is 2.28. The van der Waals surface area contributed by atoms with Gasteiger partial charge in [0, 0.05) is 18.8 Å². The standard InChI is InChI=1S/C6H9N3OS/c1-4(10)8-6-9-5(2-7)3-11-6/h3H,2,7H2,1H3,(H,8,9,10). The lowest BCUT2D eigenvalue weighted by Crippen LogP contribution is -2.05. The van der Waals surface area contributed by atoms with E-state index in [2.05, 4.69) is 10.3 Å². The fraction of sp³-hybridized carbons (Fsp3) is 0.333. The second kappa shape index (κ2) is 3.45. The highest BCUT2D eigenvalue weighted by atomic mass is 32.1. The number of carbonyl (C=O) groups is 1. The van der Waals surface area contributed by atoms with Crippen LogP contribution in [0.1, 0.15) is 12.6 Å². The van der Waals surface area contributed by atoms with Gasteiger partial charge in [0.2, 0.25) is 5.91 Å². The Morgan fingerprint density at radius 1 is 1.91 bits per heavy atom. The summed E-state index contributed by atoms with van der Waals surface area (Å²) in [7, 11) is 0. The highest BCUT2D eigenvalue weighted by Crippen LogP contribution is 2.14. The van der Waals surface area contributed by atoms with E-state index in [1.807, 2.05) is 5.38 Å². The fourth-order valence-corrected chi connectivity index (χ4v) is 1.38. The Kier molecular flexibility index (Phi) is 2.56. The molecule has 4 nitrogen and oxygen atoms in total. The van der Waals surface area contributed by atoms with E-state index >= 15 is 0 Å². The SMILES string of the molecule is CC(=O)Nc1nc(CN)cs1. The number of nitrogens with zero attached hydrogens (tertiary/aromatic N) is 1. The molecular formula is C6H9N3OS. The van der Waals surface area contributed by atoms with Crippen LogP contribution in [-0.2, 0) is 11.3 Å². The van der Waals surface area contributed by atoms with Crippen molar-refractivity contribution in [2.75, 3.05) is 5.32 Å². The monoisotopic (exact) mass is 171 g/mol. The summed E-state index contributed by atoms with van der Waals surface area (Å²) in [6, 6.07) is 0. The largest absolute Gasteiger partial charge is 0.325 e. The molecule has 1 aromatic heterocycles. The first-order valence-electron chi connectivity index (χ1n) is 3.14. The van der Waals surface area contributed by atoms with Crippen molar-refractivity contribution in [3.8, 4) is 0 Å². The van der Waals surface area contributed by atoms with Gasteiger partial charge >= 0.3 is 0 Å². The Labute approximate surface area is 68.4 Å². The van der Waals surface area contributed by atoms with E-state index in [1.54, 1.807) is 0 Å². The number of nitrogens with one attached hydrogen (secondary N) is 1. The van der Waals surface area contributed by atoms with Crippen molar-refractivity contribution in [3.63, 3.8) is 0 Å². The summed E-state index contributed by atoms with van der Waals surface area (Å²) < 4.78 is 0. The van der Waals surface area contributed by atoms with Gasteiger partial charge in [0.25, 0.3) is 0 Å². The highest BCUT2D eigenvalue weighted by Gasteiger charge is 2.00. The van der Waals surface area contributed by atoms with Crippen LogP contribution in [0, 0.1) is 0 Å². The third-order valence-electron chi connectivity index (χ3n) is 1.04. The summed E-state index contributed by atoms with van der Waals surface area (Å²) in [5.74, 6) is -0.108. The molecule has 0 unspecified atom stereocenters. The number of hydrogen-bond acceptors (Lipinski definition) is 4. The number of anilines is 1. The van der Waals surface area contributed by atoms with Gasteiger partial charge in [0.05, 0.1) is 5.69 Å². The van der Waals surface area contributed by atoms with E-state index in [9.17, 15) is 4.79 Å². The molecule has 1 heterocycles. The molecule has 0 saturated carbocycles. The van der Waals surface area contributed by atoms with Gasteiger partial charge in [0.15, 0.2) is 5.13 Å². The van der Waals surface area contributed by atoms with Crippen molar-refractivity contribution < 1.29 is 4.79 Å². The lowest BCUT2D eigenvalue weighted by atomic mass is 10.5. The van der Waals surface area contributed by atoms with Crippen LogP contribution in [0.2, 0.25) is 0 Å². The molecule has 0 saturated heterocycles. The predicted molar refractivity (Wildman–Crippen MR) is 44.3 cm³/mol. The minimum absolute atomic E-state index is 0.108. The van der Waals surface area contributed by atoms with Gasteiger partial charge in [-0.2, -0.15) is 0 Å². The second-order valence-corrected chi connectivity index (χ2v) is 2.89. The maximum absolute atomic E-state index is 10.5. The molecule has 0 radical (unpaired) electrons. The highest BCUT2D eigenvalue weighted by molar-refractivity contribution is 7.13. The number of aromatic nitrogens is 1. The van der Waals surface area contributed by atoms with Crippen LogP contribution in [0.25, 0.3) is 0 Å². The van der Waals surface area contributed by atoms with Crippen LogP contribution in [0.3, 0.4) is 0 Å². The number of rotatable bonds is 2. The molecule has 1 aromatic rings. The van der Waals surface area contributed by atoms with Crippen molar-refractivity contribution >= 4 is 22.4 Å². The molecule has 0 aliphatic rings. The quantitative estimate of drug-likeness (QED) is 0.683. The second-order valence-electron chi connectivity index (χ2n) is 2.03. The molecule has 5 heteroatoms. The summed E-state index contributed by atoms with van der Waals surface area (Å²) in [5, 5.41) is 5.01. The molecule has 1 amide bonds. The first-order chi connectivity index (χ1) is 5.22. The minimum Gasteiger partial charge on any atom is -0.325 e. The number of hydrogen-bond donors (Lipinski definition) is 2. The molecular weight excluding hydrogens is 162 g/mol. The molecule has 0 aromatic carbocycles. The predicted octanol–water partition coefficient (Wildman–Crippen LogP) is 0.560. The van der Waals surface area contributed by atoms with Crippen molar-refractivity contribution in [2.24, 2.45) is 5.73 Å². The van der Waals surface area contributed by atoms with Gasteiger partial charge in [0.1, 0.15) is 0 Å². The Bertz CT molecular complexity index is 258. The summed E-state index contributed by atoms with van der Waals surface area (Å²) in [4.78, 5) is 14.6. The topological polar surface area (TPSA) is 68.0 Å². The van der Waals surface area contributed by atoms with Crippen molar-refractivity contribution in [2.45, 2.75) is 13.5 Å². The number of carbonyl (C=O) groups excluding carboxylic acids is 1. The zero-order valence-corrected chi connectivity index (χ0v) is 6.94. The molecule has 0 atom stereocenters. The molecule has 3 N–H and O–H groups in total. The van der Waals surface area contributed by atoms with Gasteiger partial charge in [-0.25, -0.2) is 4.98 Å². The number of nitrogens with two attached hydrogens (primary N) is 1. The average molecular weight is 171 g/mol. The fourth-order valence-electron chi connectivity index (χ4n) is 0.609. The van der Waals surface area contributed by atoms with Crippen molar-refractivity contribution in [1.29, 1.82) is 0 Å². The Morgan fingerprint density at radius 2 is 2.64 bits per heavy atom. The van der Waals surface area contributed by atoms with Gasteiger partial charge in [-0.05, 0) is 0 Å². The van der Waals surface area contributed by atoms with Crippen molar-refractivity contribution in [3.05, 3.63) is 11.1 Å². The van der Waals surface area contributed by atoms with E-state index < -0.39 is 0 Å². The van der Waals surface area contributed by atoms with Crippen LogP contribution < -0.4 is 11.1 Å². The molecule has 0 aliphatic heterocycles. The number of amides is 1. The van der Waals surface area contributed by atoms with Crippen LogP contribution in [0.4, 0.5) is 5.13 Å². The zero-order chi connectivity index (χ0) is 8.27. The molecule has 1 rings (SSSR count). The summed E-state index contributed by atoms with van der Waals surface area (Å²) in [6.45, 7) is 1.86. The van der Waals surface area contributed by atoms with E-state index in [0.717, 1.165) is 5.69 Å². The van der Waals surface area contributed by atoms with E-state index in [0.29, 0.717) is 11.7 Å². The van der Waals surface area contributed by atoms with Crippen LogP contribution in [0.5, 0.6) is 0 Å². The average Bonchev–Trinajstić information content (AvgIpc) is 2.34. The summed E-state index contributed by atoms with van der Waals surface area (Å²) >= 11 is 1.38. The van der Waals surface area contributed by atoms with E-state index in [1.165, 1.54) is 18.3 Å². The maximum atomic E-state index is 10.5. The zero-order valence-electron chi connectivity index (χ0n) is 6.13. The Balaban J connectivity index is 2.65. The molecule has 11 heavy (non-hydrogen) atoms. The molecule has 0 bridgehead atoms. The minimum atomic E-state index is -0.108. The molecule has 0 fully saturated rings. The Morgan fingerprint density at radius 3 is 3.09 bits per heavy atom. The van der Waals surface area contributed by atoms with Crippen LogP contribution >= 0.6 is 11.3 Å². The lowest BCUT2D eigenvalue weighted by molar-refractivity contribution is -0.114. The molecule has 60 valence electrons. The van der Waals surface area contributed by atoms with Gasteiger partial charge < -0.3 is 11.1 Å². The van der Waals surface area contributed by atoms with Gasteiger partial charge in [-0.1, -0.05) is 0 Å². The smallest absolute Gasteiger partial charge is 0.223 e. The van der Waals surface area contributed by atoms with E-state index in [-0.39, 0.29) is 5.91 Å². The first kappa shape index (κ1) is 8.16. The normalized spacial score (nSPS) is 9.64. The summed E-state index contributed by atoms with van der Waals surface area (Å²) in [6.07, 6.45) is 0. The molecule has 0 spiro atoms. The lowest BCUT2D eigenvalue weighted by Gasteiger charge is -1.92. The van der Waals surface area contributed by atoms with Crippen molar-refractivity contribution in [1.82, 2.24) is 4.98 Å². The van der Waals surface area contributed by atoms with Gasteiger partial charge in [-0.3, -0.25) is 4.79 Å². The summed E-state index contributed by atoms with van der Waals surface area (Å²) in [5.41, 5.74) is 6.13. The Hall–Kier alpha value is -0.940. The number of thiazole rings is 1. The van der Waals surface area contributed by atoms with Crippen LogP contribution in [-0.4, -0.2) is 10.9 Å². The van der Waals surface area contributed by atoms with Crippen LogP contribution in [0.15, 0.2) is 5.38 Å². The van der Waals surface area contributed by atoms with E-state index in [4.69, 9.17) is 5.73 Å².